The molecular formula is C12H15NO. The zero-order chi connectivity index (χ0) is 10.1. The van der Waals surface area contributed by atoms with Crippen LogP contribution in [0.3, 0.4) is 0 Å². The topological polar surface area (TPSA) is 43.1 Å². The van der Waals surface area contributed by atoms with Crippen molar-refractivity contribution < 1.29 is 4.79 Å². The van der Waals surface area contributed by atoms with Gasteiger partial charge in [0.25, 0.3) is 0 Å². The second-order valence-corrected chi connectivity index (χ2v) is 3.90. The fourth-order valence-corrected chi connectivity index (χ4v) is 1.76. The fourth-order valence-electron chi connectivity index (χ4n) is 1.76. The highest BCUT2D eigenvalue weighted by Crippen LogP contribution is 2.42. The van der Waals surface area contributed by atoms with Crippen molar-refractivity contribution in [2.75, 3.05) is 5.73 Å². The SMILES string of the molecule is CCC(=O)c1cc(N)ccc1C1CC1. The minimum atomic E-state index is 0.208. The van der Waals surface area contributed by atoms with Crippen LogP contribution in [0.25, 0.3) is 0 Å². The van der Waals surface area contributed by atoms with Crippen LogP contribution in [0, 0.1) is 0 Å². The first-order valence-electron chi connectivity index (χ1n) is 5.15. The Labute approximate surface area is 84.1 Å². The Morgan fingerprint density at radius 1 is 1.50 bits per heavy atom. The van der Waals surface area contributed by atoms with E-state index in [9.17, 15) is 4.79 Å². The van der Waals surface area contributed by atoms with E-state index < -0.39 is 0 Å². The van der Waals surface area contributed by atoms with Gasteiger partial charge in [-0.1, -0.05) is 13.0 Å². The van der Waals surface area contributed by atoms with Gasteiger partial charge in [-0.3, -0.25) is 4.79 Å². The molecule has 74 valence electrons. The third kappa shape index (κ3) is 1.65. The van der Waals surface area contributed by atoms with E-state index in [1.54, 1.807) is 0 Å². The van der Waals surface area contributed by atoms with E-state index in [4.69, 9.17) is 5.73 Å². The first kappa shape index (κ1) is 9.25. The highest BCUT2D eigenvalue weighted by molar-refractivity contribution is 5.98. The average Bonchev–Trinajstić information content (AvgIpc) is 3.00. The number of nitrogen functional groups attached to an aromatic ring is 1. The molecule has 2 nitrogen and oxygen atoms in total. The van der Waals surface area contributed by atoms with Crippen LogP contribution in [-0.4, -0.2) is 5.78 Å². The molecule has 1 aliphatic carbocycles. The van der Waals surface area contributed by atoms with E-state index >= 15 is 0 Å². The van der Waals surface area contributed by atoms with Gasteiger partial charge < -0.3 is 5.73 Å². The van der Waals surface area contributed by atoms with Crippen LogP contribution in [0.2, 0.25) is 0 Å². The van der Waals surface area contributed by atoms with E-state index in [0.717, 1.165) is 5.56 Å². The van der Waals surface area contributed by atoms with Crippen molar-refractivity contribution in [2.45, 2.75) is 32.1 Å². The molecule has 0 aromatic heterocycles. The number of ketones is 1. The van der Waals surface area contributed by atoms with Crippen LogP contribution < -0.4 is 5.73 Å². The van der Waals surface area contributed by atoms with Gasteiger partial charge in [0.05, 0.1) is 0 Å². The number of anilines is 1. The summed E-state index contributed by atoms with van der Waals surface area (Å²) in [6, 6.07) is 5.72. The van der Waals surface area contributed by atoms with Crippen LogP contribution in [0.4, 0.5) is 5.69 Å². The van der Waals surface area contributed by atoms with Crippen LogP contribution >= 0.6 is 0 Å². The van der Waals surface area contributed by atoms with Crippen molar-refractivity contribution in [1.82, 2.24) is 0 Å². The molecule has 2 N–H and O–H groups in total. The molecule has 0 amide bonds. The van der Waals surface area contributed by atoms with Crippen molar-refractivity contribution >= 4 is 11.5 Å². The van der Waals surface area contributed by atoms with Gasteiger partial charge in [-0.25, -0.2) is 0 Å². The molecule has 1 aliphatic rings. The third-order valence-electron chi connectivity index (χ3n) is 2.72. The van der Waals surface area contributed by atoms with Gasteiger partial charge in [0, 0.05) is 17.7 Å². The molecule has 0 radical (unpaired) electrons. The van der Waals surface area contributed by atoms with Gasteiger partial charge in [0.1, 0.15) is 0 Å². The summed E-state index contributed by atoms with van der Waals surface area (Å²) >= 11 is 0. The predicted molar refractivity (Wildman–Crippen MR) is 57.5 cm³/mol. The lowest BCUT2D eigenvalue weighted by Crippen LogP contribution is -2.02. The maximum Gasteiger partial charge on any atom is 0.162 e. The van der Waals surface area contributed by atoms with Gasteiger partial charge in [-0.15, -0.1) is 0 Å². The first-order chi connectivity index (χ1) is 6.72. The van der Waals surface area contributed by atoms with Gasteiger partial charge in [-0.2, -0.15) is 0 Å². The molecular weight excluding hydrogens is 174 g/mol. The molecule has 1 aromatic rings. The summed E-state index contributed by atoms with van der Waals surface area (Å²) in [5.41, 5.74) is 8.42. The van der Waals surface area contributed by atoms with Gasteiger partial charge in [0.15, 0.2) is 5.78 Å². The molecule has 14 heavy (non-hydrogen) atoms. The number of carbonyl (C=O) groups excluding carboxylic acids is 1. The predicted octanol–water partition coefficient (Wildman–Crippen LogP) is 2.74. The Balaban J connectivity index is 2.42. The molecule has 0 heterocycles. The Morgan fingerprint density at radius 3 is 2.79 bits per heavy atom. The smallest absolute Gasteiger partial charge is 0.162 e. The Hall–Kier alpha value is -1.31. The van der Waals surface area contributed by atoms with Gasteiger partial charge >= 0.3 is 0 Å². The van der Waals surface area contributed by atoms with E-state index in [1.165, 1.54) is 18.4 Å². The molecule has 1 saturated carbocycles. The monoisotopic (exact) mass is 189 g/mol. The molecule has 1 fully saturated rings. The number of Topliss-reactive ketones (excluding diaryl/α,β-unsaturated/α-hetero) is 1. The maximum atomic E-state index is 11.7. The summed E-state index contributed by atoms with van der Waals surface area (Å²) in [5.74, 6) is 0.820. The van der Waals surface area contributed by atoms with Crippen LogP contribution in [0.1, 0.15) is 48.0 Å². The van der Waals surface area contributed by atoms with Gasteiger partial charge in [-0.05, 0) is 36.5 Å². The quantitative estimate of drug-likeness (QED) is 0.587. The van der Waals surface area contributed by atoms with Crippen LogP contribution in [-0.2, 0) is 0 Å². The van der Waals surface area contributed by atoms with E-state index in [-0.39, 0.29) is 5.78 Å². The van der Waals surface area contributed by atoms with Crippen LogP contribution in [0.15, 0.2) is 18.2 Å². The molecule has 2 rings (SSSR count). The second-order valence-electron chi connectivity index (χ2n) is 3.90. The van der Waals surface area contributed by atoms with Crippen molar-refractivity contribution in [2.24, 2.45) is 0 Å². The van der Waals surface area contributed by atoms with Crippen molar-refractivity contribution in [3.8, 4) is 0 Å². The third-order valence-corrected chi connectivity index (χ3v) is 2.72. The lowest BCUT2D eigenvalue weighted by atomic mass is 9.98. The number of hydrogen-bond donors (Lipinski definition) is 1. The van der Waals surface area contributed by atoms with Crippen molar-refractivity contribution in [1.29, 1.82) is 0 Å². The molecule has 0 aliphatic heterocycles. The Kier molecular flexibility index (Phi) is 2.28. The lowest BCUT2D eigenvalue weighted by Gasteiger charge is -2.07. The number of hydrogen-bond acceptors (Lipinski definition) is 2. The van der Waals surface area contributed by atoms with E-state index in [0.29, 0.717) is 18.0 Å². The van der Waals surface area contributed by atoms with E-state index in [2.05, 4.69) is 0 Å². The molecule has 0 unspecified atom stereocenters. The Bertz CT molecular complexity index is 367. The number of nitrogens with two attached hydrogens (primary N) is 1. The zero-order valence-corrected chi connectivity index (χ0v) is 8.42. The highest BCUT2D eigenvalue weighted by atomic mass is 16.1. The summed E-state index contributed by atoms with van der Waals surface area (Å²) in [7, 11) is 0. The molecule has 0 spiro atoms. The number of rotatable bonds is 3. The molecule has 0 bridgehead atoms. The zero-order valence-electron chi connectivity index (χ0n) is 8.42. The Morgan fingerprint density at radius 2 is 2.21 bits per heavy atom. The molecule has 0 atom stereocenters. The number of carbonyl (C=O) groups is 1. The molecule has 1 aromatic carbocycles. The highest BCUT2D eigenvalue weighted by Gasteiger charge is 2.27. The lowest BCUT2D eigenvalue weighted by molar-refractivity contribution is 0.0987. The summed E-state index contributed by atoms with van der Waals surface area (Å²) in [4.78, 5) is 11.7. The minimum Gasteiger partial charge on any atom is -0.399 e. The normalized spacial score (nSPS) is 15.5. The standard InChI is InChI=1S/C12H15NO/c1-2-12(14)11-7-9(13)5-6-10(11)8-3-4-8/h5-8H,2-4,13H2,1H3. The van der Waals surface area contributed by atoms with Gasteiger partial charge in [0.2, 0.25) is 0 Å². The summed E-state index contributed by atoms with van der Waals surface area (Å²) < 4.78 is 0. The fraction of sp³-hybridized carbons (Fsp3) is 0.417. The molecule has 2 heteroatoms. The van der Waals surface area contributed by atoms with Crippen LogP contribution in [0.5, 0.6) is 0 Å². The van der Waals surface area contributed by atoms with E-state index in [1.807, 2.05) is 25.1 Å². The minimum absolute atomic E-state index is 0.208. The van der Waals surface area contributed by atoms with Crippen molar-refractivity contribution in [3.05, 3.63) is 29.3 Å². The van der Waals surface area contributed by atoms with Crippen molar-refractivity contribution in [3.63, 3.8) is 0 Å². The average molecular weight is 189 g/mol. The first-order valence-corrected chi connectivity index (χ1v) is 5.15. The summed E-state index contributed by atoms with van der Waals surface area (Å²) in [5, 5.41) is 0. The number of benzene rings is 1. The largest absolute Gasteiger partial charge is 0.399 e. The maximum absolute atomic E-state index is 11.7. The summed E-state index contributed by atoms with van der Waals surface area (Å²) in [6.45, 7) is 1.89. The second kappa shape index (κ2) is 3.45. The summed E-state index contributed by atoms with van der Waals surface area (Å²) in [6.07, 6.45) is 2.99. The molecule has 0 saturated heterocycles.